The Kier molecular flexibility index (Phi) is 3.49. The normalized spacial score (nSPS) is 20.5. The molecule has 0 saturated carbocycles. The molecule has 1 aliphatic rings. The third-order valence-electron chi connectivity index (χ3n) is 2.86. The quantitative estimate of drug-likeness (QED) is 0.803. The molecule has 5 heteroatoms. The molecule has 0 aliphatic carbocycles. The second kappa shape index (κ2) is 5.05. The van der Waals surface area contributed by atoms with E-state index in [1.54, 1.807) is 24.4 Å². The number of ketones is 1. The van der Waals surface area contributed by atoms with Gasteiger partial charge in [0.15, 0.2) is 5.78 Å². The number of pyridine rings is 1. The van der Waals surface area contributed by atoms with Gasteiger partial charge < -0.3 is 5.32 Å². The Hall–Kier alpha value is -1.75. The second-order valence-electron chi connectivity index (χ2n) is 4.04. The average Bonchev–Trinajstić information content (AvgIpc) is 2.71. The van der Waals surface area contributed by atoms with Gasteiger partial charge in [-0.2, -0.15) is 0 Å². The van der Waals surface area contributed by atoms with E-state index in [2.05, 4.69) is 10.3 Å². The minimum atomic E-state index is -0.399. The fourth-order valence-electron chi connectivity index (χ4n) is 1.85. The van der Waals surface area contributed by atoms with E-state index in [4.69, 9.17) is 0 Å². The van der Waals surface area contributed by atoms with Crippen LogP contribution < -0.4 is 5.32 Å². The van der Waals surface area contributed by atoms with E-state index in [1.165, 1.54) is 0 Å². The maximum atomic E-state index is 11.8. The molecule has 1 saturated heterocycles. The summed E-state index contributed by atoms with van der Waals surface area (Å²) >= 11 is 0. The summed E-state index contributed by atoms with van der Waals surface area (Å²) in [6, 6.07) is 4.73. The van der Waals surface area contributed by atoms with Crippen LogP contribution in [0.4, 0.5) is 0 Å². The van der Waals surface area contributed by atoms with Gasteiger partial charge in [-0.05, 0) is 18.7 Å². The lowest BCUT2D eigenvalue weighted by atomic mass is 10.2. The lowest BCUT2D eigenvalue weighted by Gasteiger charge is -2.12. The van der Waals surface area contributed by atoms with E-state index in [0.717, 1.165) is 6.54 Å². The predicted octanol–water partition coefficient (Wildman–Crippen LogP) is 0.0846. The van der Waals surface area contributed by atoms with Gasteiger partial charge in [0.1, 0.15) is 11.7 Å². The van der Waals surface area contributed by atoms with Gasteiger partial charge >= 0.3 is 0 Å². The number of hydrogen-bond acceptors (Lipinski definition) is 4. The zero-order chi connectivity index (χ0) is 12.3. The van der Waals surface area contributed by atoms with E-state index >= 15 is 0 Å². The zero-order valence-electron chi connectivity index (χ0n) is 9.72. The summed E-state index contributed by atoms with van der Waals surface area (Å²) in [6.07, 6.45) is 1.56. The number of carbonyl (C=O) groups excluding carboxylic acids is 2. The van der Waals surface area contributed by atoms with Crippen LogP contribution in [0.3, 0.4) is 0 Å². The molecular formula is C12H15N3O2. The molecule has 2 rings (SSSR count). The number of nitrogens with one attached hydrogen (secondary N) is 1. The highest BCUT2D eigenvalue weighted by atomic mass is 16.2. The number of Topliss-reactive ketones (excluding diaryl/α,β-unsaturated/α-hetero) is 1. The molecule has 1 aromatic heterocycles. The lowest BCUT2D eigenvalue weighted by molar-refractivity contribution is -0.118. The van der Waals surface area contributed by atoms with Gasteiger partial charge in [-0.25, -0.2) is 0 Å². The first-order valence-electron chi connectivity index (χ1n) is 5.67. The Balaban J connectivity index is 1.98. The van der Waals surface area contributed by atoms with E-state index in [-0.39, 0.29) is 11.7 Å². The summed E-state index contributed by atoms with van der Waals surface area (Å²) < 4.78 is 0. The summed E-state index contributed by atoms with van der Waals surface area (Å²) in [7, 11) is 0. The van der Waals surface area contributed by atoms with E-state index in [9.17, 15) is 9.59 Å². The number of rotatable bonds is 3. The number of likely N-dealkylation sites (tertiary alicyclic amines) is 1. The molecule has 2 heterocycles. The summed E-state index contributed by atoms with van der Waals surface area (Å²) in [5.41, 5.74) is 0.343. The number of amides is 1. The first-order chi connectivity index (χ1) is 8.20. The topological polar surface area (TPSA) is 62.3 Å². The number of aromatic nitrogens is 1. The van der Waals surface area contributed by atoms with E-state index in [0.29, 0.717) is 18.8 Å². The molecule has 90 valence electrons. The molecule has 17 heavy (non-hydrogen) atoms. The Morgan fingerprint density at radius 1 is 1.59 bits per heavy atom. The lowest BCUT2D eigenvalue weighted by Crippen LogP contribution is -2.41. The van der Waals surface area contributed by atoms with Gasteiger partial charge in [-0.3, -0.25) is 19.5 Å². The predicted molar refractivity (Wildman–Crippen MR) is 62.6 cm³/mol. The molecule has 1 unspecified atom stereocenters. The summed E-state index contributed by atoms with van der Waals surface area (Å²) in [4.78, 5) is 29.4. The Morgan fingerprint density at radius 3 is 3.00 bits per heavy atom. The van der Waals surface area contributed by atoms with Crippen molar-refractivity contribution in [1.29, 1.82) is 0 Å². The van der Waals surface area contributed by atoms with Gasteiger partial charge in [-0.15, -0.1) is 0 Å². The summed E-state index contributed by atoms with van der Waals surface area (Å²) in [5, 5.41) is 2.72. The van der Waals surface area contributed by atoms with Crippen molar-refractivity contribution >= 4 is 11.7 Å². The number of carbonyl (C=O) groups is 2. The van der Waals surface area contributed by atoms with Crippen molar-refractivity contribution in [3.8, 4) is 0 Å². The standard InChI is InChI=1S/C12H15N3O2/c1-2-15-7-10(11(16)8-15)14-12(17)9-5-3-4-6-13-9/h3-6,10H,2,7-8H2,1H3,(H,14,17). The summed E-state index contributed by atoms with van der Waals surface area (Å²) in [5.74, 6) is -0.224. The minimum Gasteiger partial charge on any atom is -0.340 e. The molecule has 1 aliphatic heterocycles. The van der Waals surface area contributed by atoms with Gasteiger partial charge in [-0.1, -0.05) is 13.0 Å². The molecular weight excluding hydrogens is 218 g/mol. The third-order valence-corrected chi connectivity index (χ3v) is 2.86. The smallest absolute Gasteiger partial charge is 0.270 e. The van der Waals surface area contributed by atoms with Crippen LogP contribution in [0.15, 0.2) is 24.4 Å². The van der Waals surface area contributed by atoms with Crippen molar-refractivity contribution in [1.82, 2.24) is 15.2 Å². The third kappa shape index (κ3) is 2.68. The minimum absolute atomic E-state index is 0.0659. The van der Waals surface area contributed by atoms with Crippen molar-refractivity contribution in [2.75, 3.05) is 19.6 Å². The first kappa shape index (κ1) is 11.7. The van der Waals surface area contributed by atoms with E-state index < -0.39 is 6.04 Å². The molecule has 0 bridgehead atoms. The van der Waals surface area contributed by atoms with E-state index in [1.807, 2.05) is 11.8 Å². The summed E-state index contributed by atoms with van der Waals surface area (Å²) in [6.45, 7) is 3.83. The van der Waals surface area contributed by atoms with Gasteiger partial charge in [0.2, 0.25) is 0 Å². The molecule has 1 N–H and O–H groups in total. The SMILES string of the molecule is CCN1CC(=O)C(NC(=O)c2ccccn2)C1. The molecule has 1 amide bonds. The van der Waals surface area contributed by atoms with Crippen LogP contribution in [0, 0.1) is 0 Å². The Bertz CT molecular complexity index is 419. The highest BCUT2D eigenvalue weighted by Crippen LogP contribution is 2.05. The molecule has 0 aromatic carbocycles. The maximum Gasteiger partial charge on any atom is 0.270 e. The van der Waals surface area contributed by atoms with Crippen molar-refractivity contribution < 1.29 is 9.59 Å². The Labute approximate surface area is 99.8 Å². The van der Waals surface area contributed by atoms with Crippen molar-refractivity contribution in [3.05, 3.63) is 30.1 Å². The fourth-order valence-corrected chi connectivity index (χ4v) is 1.85. The Morgan fingerprint density at radius 2 is 2.41 bits per heavy atom. The zero-order valence-corrected chi connectivity index (χ0v) is 9.72. The van der Waals surface area contributed by atoms with Crippen LogP contribution >= 0.6 is 0 Å². The molecule has 0 spiro atoms. The van der Waals surface area contributed by atoms with Crippen molar-refractivity contribution in [2.45, 2.75) is 13.0 Å². The highest BCUT2D eigenvalue weighted by molar-refractivity contribution is 5.97. The van der Waals surface area contributed by atoms with Gasteiger partial charge in [0.05, 0.1) is 6.54 Å². The van der Waals surface area contributed by atoms with Crippen LogP contribution in [0.2, 0.25) is 0 Å². The monoisotopic (exact) mass is 233 g/mol. The van der Waals surface area contributed by atoms with Gasteiger partial charge in [0.25, 0.3) is 5.91 Å². The molecule has 5 nitrogen and oxygen atoms in total. The molecule has 0 radical (unpaired) electrons. The number of nitrogens with zero attached hydrogens (tertiary/aromatic N) is 2. The fraction of sp³-hybridized carbons (Fsp3) is 0.417. The molecule has 1 atom stereocenters. The molecule has 1 aromatic rings. The second-order valence-corrected chi connectivity index (χ2v) is 4.04. The average molecular weight is 233 g/mol. The molecule has 1 fully saturated rings. The first-order valence-corrected chi connectivity index (χ1v) is 5.67. The highest BCUT2D eigenvalue weighted by Gasteiger charge is 2.31. The largest absolute Gasteiger partial charge is 0.340 e. The number of likely N-dealkylation sites (N-methyl/N-ethyl adjacent to an activating group) is 1. The van der Waals surface area contributed by atoms with Crippen LogP contribution in [-0.4, -0.2) is 47.3 Å². The van der Waals surface area contributed by atoms with Crippen molar-refractivity contribution in [2.24, 2.45) is 0 Å². The van der Waals surface area contributed by atoms with Crippen LogP contribution in [0.1, 0.15) is 17.4 Å². The van der Waals surface area contributed by atoms with Crippen LogP contribution in [-0.2, 0) is 4.79 Å². The number of hydrogen-bond donors (Lipinski definition) is 1. The van der Waals surface area contributed by atoms with Gasteiger partial charge in [0, 0.05) is 12.7 Å². The maximum absolute atomic E-state index is 11.8. The van der Waals surface area contributed by atoms with Crippen LogP contribution in [0.5, 0.6) is 0 Å². The van der Waals surface area contributed by atoms with Crippen LogP contribution in [0.25, 0.3) is 0 Å². The van der Waals surface area contributed by atoms with Crippen molar-refractivity contribution in [3.63, 3.8) is 0 Å².